The lowest BCUT2D eigenvalue weighted by Crippen LogP contribution is -2.31. The zero-order valence-corrected chi connectivity index (χ0v) is 13.4. The van der Waals surface area contributed by atoms with Crippen molar-refractivity contribution >= 4 is 21.7 Å². The summed E-state index contributed by atoms with van der Waals surface area (Å²) < 4.78 is 3.40. The van der Waals surface area contributed by atoms with Gasteiger partial charge in [-0.3, -0.25) is 0 Å². The summed E-state index contributed by atoms with van der Waals surface area (Å²) >= 11 is 3.75. The highest BCUT2D eigenvalue weighted by molar-refractivity contribution is 9.10. The highest BCUT2D eigenvalue weighted by Crippen LogP contribution is 2.40. The fraction of sp³-hybridized carbons (Fsp3) is 0.786. The van der Waals surface area contributed by atoms with E-state index in [4.69, 9.17) is 5.10 Å². The van der Waals surface area contributed by atoms with E-state index in [9.17, 15) is 0 Å². The van der Waals surface area contributed by atoms with Crippen molar-refractivity contribution in [1.29, 1.82) is 0 Å². The first-order chi connectivity index (χ1) is 8.63. The molecule has 0 amide bonds. The normalized spacial score (nSPS) is 23.0. The number of hydrogen-bond donors (Lipinski definition) is 1. The fourth-order valence-corrected chi connectivity index (χ4v) is 3.70. The van der Waals surface area contributed by atoms with Gasteiger partial charge in [-0.25, -0.2) is 4.68 Å². The van der Waals surface area contributed by atoms with E-state index in [0.29, 0.717) is 17.9 Å². The Hall–Kier alpha value is -0.510. The van der Waals surface area contributed by atoms with Gasteiger partial charge in [0.2, 0.25) is 0 Å². The average molecular weight is 314 g/mol. The largest absolute Gasteiger partial charge is 0.369 e. The Kier molecular flexibility index (Phi) is 4.36. The third-order valence-corrected chi connectivity index (χ3v) is 5.01. The van der Waals surface area contributed by atoms with Crippen LogP contribution < -0.4 is 5.32 Å². The van der Waals surface area contributed by atoms with Crippen LogP contribution in [0.4, 0.5) is 5.82 Å². The first kappa shape index (κ1) is 13.9. The number of aromatic nitrogens is 2. The van der Waals surface area contributed by atoms with E-state index in [1.165, 1.54) is 16.0 Å². The molecule has 1 aromatic rings. The van der Waals surface area contributed by atoms with E-state index in [2.05, 4.69) is 53.6 Å². The number of rotatable bonds is 4. The minimum absolute atomic E-state index is 0.528. The predicted molar refractivity (Wildman–Crippen MR) is 80.2 cm³/mol. The molecule has 2 unspecified atom stereocenters. The lowest BCUT2D eigenvalue weighted by Gasteiger charge is -2.30. The molecule has 4 heteroatoms. The topological polar surface area (TPSA) is 29.9 Å². The monoisotopic (exact) mass is 313 g/mol. The van der Waals surface area contributed by atoms with Gasteiger partial charge in [0.05, 0.1) is 16.2 Å². The van der Waals surface area contributed by atoms with Crippen LogP contribution in [-0.2, 0) is 0 Å². The summed E-state index contributed by atoms with van der Waals surface area (Å²) in [6.45, 7) is 10.1. The van der Waals surface area contributed by atoms with Gasteiger partial charge in [0.25, 0.3) is 0 Å². The molecule has 0 radical (unpaired) electrons. The minimum atomic E-state index is 0.528. The summed E-state index contributed by atoms with van der Waals surface area (Å²) in [5, 5.41) is 8.42. The lowest BCUT2D eigenvalue weighted by atomic mass is 9.98. The van der Waals surface area contributed by atoms with Crippen molar-refractivity contribution in [3.8, 4) is 0 Å². The molecule has 0 saturated carbocycles. The summed E-state index contributed by atoms with van der Waals surface area (Å²) in [6, 6.07) is 0.528. The van der Waals surface area contributed by atoms with Gasteiger partial charge in [0, 0.05) is 12.5 Å². The Morgan fingerprint density at radius 1 is 1.39 bits per heavy atom. The SMILES string of the molecule is CCC(CC)c1nn2c(c1Br)NCC(C)C2CC. The average Bonchev–Trinajstić information content (AvgIpc) is 2.69. The number of hydrogen-bond acceptors (Lipinski definition) is 2. The van der Waals surface area contributed by atoms with Crippen LogP contribution in [0.1, 0.15) is 64.6 Å². The van der Waals surface area contributed by atoms with Crippen molar-refractivity contribution in [2.75, 3.05) is 11.9 Å². The summed E-state index contributed by atoms with van der Waals surface area (Å²) in [7, 11) is 0. The molecule has 0 aliphatic carbocycles. The highest BCUT2D eigenvalue weighted by Gasteiger charge is 2.30. The zero-order valence-electron chi connectivity index (χ0n) is 11.8. The molecular weight excluding hydrogens is 290 g/mol. The van der Waals surface area contributed by atoms with E-state index in [1.54, 1.807) is 0 Å². The van der Waals surface area contributed by atoms with Crippen LogP contribution in [0.5, 0.6) is 0 Å². The van der Waals surface area contributed by atoms with Crippen molar-refractivity contribution in [1.82, 2.24) is 9.78 Å². The van der Waals surface area contributed by atoms with E-state index >= 15 is 0 Å². The third-order valence-electron chi connectivity index (χ3n) is 4.23. The maximum Gasteiger partial charge on any atom is 0.139 e. The van der Waals surface area contributed by atoms with Gasteiger partial charge in [0.1, 0.15) is 5.82 Å². The molecule has 102 valence electrons. The second kappa shape index (κ2) is 5.64. The van der Waals surface area contributed by atoms with Gasteiger partial charge in [-0.05, 0) is 41.1 Å². The molecule has 1 aromatic heterocycles. The Balaban J connectivity index is 2.43. The molecule has 1 aliphatic heterocycles. The van der Waals surface area contributed by atoms with Gasteiger partial charge in [-0.1, -0.05) is 27.7 Å². The fourth-order valence-electron chi connectivity index (χ4n) is 2.98. The molecule has 0 fully saturated rings. The lowest BCUT2D eigenvalue weighted by molar-refractivity contribution is 0.310. The maximum atomic E-state index is 4.90. The first-order valence-electron chi connectivity index (χ1n) is 7.15. The van der Waals surface area contributed by atoms with E-state index < -0.39 is 0 Å². The molecule has 18 heavy (non-hydrogen) atoms. The second-order valence-corrected chi connectivity index (χ2v) is 6.13. The standard InChI is InChI=1S/C14H24BrN3/c1-5-10(6-2)13-12(15)14-16-8-9(4)11(7-3)18(14)17-13/h9-11,16H,5-8H2,1-4H3. The summed E-state index contributed by atoms with van der Waals surface area (Å²) in [5.74, 6) is 2.39. The Bertz CT molecular complexity index is 409. The van der Waals surface area contributed by atoms with Gasteiger partial charge in [0.15, 0.2) is 0 Å². The molecule has 3 nitrogen and oxygen atoms in total. The minimum Gasteiger partial charge on any atom is -0.369 e. The maximum absolute atomic E-state index is 4.90. The van der Waals surface area contributed by atoms with Crippen LogP contribution in [0, 0.1) is 5.92 Å². The number of nitrogens with zero attached hydrogens (tertiary/aromatic N) is 2. The van der Waals surface area contributed by atoms with Gasteiger partial charge >= 0.3 is 0 Å². The summed E-state index contributed by atoms with van der Waals surface area (Å²) in [6.07, 6.45) is 3.45. The van der Waals surface area contributed by atoms with Crippen molar-refractivity contribution in [3.63, 3.8) is 0 Å². The number of fused-ring (bicyclic) bond motifs is 1. The molecule has 0 aromatic carbocycles. The predicted octanol–water partition coefficient (Wildman–Crippen LogP) is 4.56. The summed E-state index contributed by atoms with van der Waals surface area (Å²) in [4.78, 5) is 0. The molecule has 0 saturated heterocycles. The third kappa shape index (κ3) is 2.20. The van der Waals surface area contributed by atoms with Gasteiger partial charge in [-0.2, -0.15) is 5.10 Å². The van der Waals surface area contributed by atoms with Gasteiger partial charge in [-0.15, -0.1) is 0 Å². The first-order valence-corrected chi connectivity index (χ1v) is 7.94. The Morgan fingerprint density at radius 2 is 2.06 bits per heavy atom. The Morgan fingerprint density at radius 3 is 2.61 bits per heavy atom. The Labute approximate surface area is 118 Å². The van der Waals surface area contributed by atoms with Crippen LogP contribution in [0.15, 0.2) is 4.47 Å². The molecule has 2 heterocycles. The van der Waals surface area contributed by atoms with E-state index in [1.807, 2.05) is 0 Å². The van der Waals surface area contributed by atoms with Crippen LogP contribution in [-0.4, -0.2) is 16.3 Å². The highest BCUT2D eigenvalue weighted by atomic mass is 79.9. The molecule has 0 bridgehead atoms. The van der Waals surface area contributed by atoms with Crippen molar-refractivity contribution in [2.24, 2.45) is 5.92 Å². The molecule has 1 N–H and O–H groups in total. The summed E-state index contributed by atoms with van der Waals surface area (Å²) in [5.41, 5.74) is 1.23. The van der Waals surface area contributed by atoms with Crippen molar-refractivity contribution in [2.45, 2.75) is 58.9 Å². The van der Waals surface area contributed by atoms with E-state index in [0.717, 1.165) is 25.8 Å². The van der Waals surface area contributed by atoms with E-state index in [-0.39, 0.29) is 0 Å². The number of anilines is 1. The molecule has 0 spiro atoms. The molecule has 1 aliphatic rings. The number of halogens is 1. The molecular formula is C14H24BrN3. The van der Waals surface area contributed by atoms with Crippen LogP contribution in [0.3, 0.4) is 0 Å². The molecule has 2 atom stereocenters. The zero-order chi connectivity index (χ0) is 13.3. The smallest absolute Gasteiger partial charge is 0.139 e. The number of nitrogens with one attached hydrogen (secondary N) is 1. The van der Waals surface area contributed by atoms with Gasteiger partial charge < -0.3 is 5.32 Å². The van der Waals surface area contributed by atoms with Crippen LogP contribution >= 0.6 is 15.9 Å². The van der Waals surface area contributed by atoms with Crippen molar-refractivity contribution < 1.29 is 0 Å². The second-order valence-electron chi connectivity index (χ2n) is 5.34. The van der Waals surface area contributed by atoms with Crippen molar-refractivity contribution in [3.05, 3.63) is 10.2 Å². The quantitative estimate of drug-likeness (QED) is 0.883. The van der Waals surface area contributed by atoms with Crippen LogP contribution in [0.2, 0.25) is 0 Å². The molecule has 2 rings (SSSR count). The van der Waals surface area contributed by atoms with Crippen LogP contribution in [0.25, 0.3) is 0 Å².